The third kappa shape index (κ3) is 4.79. The van der Waals surface area contributed by atoms with Gasteiger partial charge in [0.25, 0.3) is 0 Å². The van der Waals surface area contributed by atoms with Crippen LogP contribution in [0.4, 0.5) is 0 Å². The van der Waals surface area contributed by atoms with Gasteiger partial charge in [-0.15, -0.1) is 11.8 Å². The van der Waals surface area contributed by atoms with Crippen molar-refractivity contribution in [2.45, 2.75) is 31.9 Å². The lowest BCUT2D eigenvalue weighted by atomic mass is 10.2. The number of rotatable bonds is 5. The normalized spacial score (nSPS) is 10.6. The molecule has 0 aliphatic heterocycles. The summed E-state index contributed by atoms with van der Waals surface area (Å²) >= 11 is 1.45. The highest BCUT2D eigenvalue weighted by Gasteiger charge is 2.29. The largest absolute Gasteiger partial charge is 0.465 e. The minimum Gasteiger partial charge on any atom is -0.465 e. The highest BCUT2D eigenvalue weighted by molar-refractivity contribution is 8.01. The van der Waals surface area contributed by atoms with Crippen LogP contribution >= 0.6 is 11.8 Å². The smallest absolute Gasteiger partial charge is 0.321 e. The second-order valence-electron chi connectivity index (χ2n) is 2.99. The maximum Gasteiger partial charge on any atom is 0.321 e. The Morgan fingerprint density at radius 3 is 2.69 bits per heavy atom. The van der Waals surface area contributed by atoms with Crippen LogP contribution in [0, 0.1) is 11.3 Å². The van der Waals surface area contributed by atoms with Gasteiger partial charge in [-0.2, -0.15) is 5.26 Å². The summed E-state index contributed by atoms with van der Waals surface area (Å²) in [7, 11) is 0. The number of hydrogen-bond donors (Lipinski definition) is 0. The molecule has 13 heavy (non-hydrogen) atoms. The van der Waals surface area contributed by atoms with Crippen LogP contribution in [0.2, 0.25) is 0 Å². The van der Waals surface area contributed by atoms with Crippen LogP contribution in [-0.4, -0.2) is 23.1 Å². The quantitative estimate of drug-likeness (QED) is 0.504. The van der Waals surface area contributed by atoms with Crippen LogP contribution in [0.1, 0.15) is 27.2 Å². The summed E-state index contributed by atoms with van der Waals surface area (Å²) in [6, 6.07) is 2.04. The Morgan fingerprint density at radius 1 is 1.62 bits per heavy atom. The second-order valence-corrected chi connectivity index (χ2v) is 4.70. The Morgan fingerprint density at radius 2 is 2.23 bits per heavy atom. The van der Waals surface area contributed by atoms with E-state index in [1.807, 2.05) is 19.9 Å². The molecule has 4 heteroatoms. The summed E-state index contributed by atoms with van der Waals surface area (Å²) in [5.74, 6) is 0.459. The molecule has 0 rings (SSSR count). The average molecular weight is 201 g/mol. The highest BCUT2D eigenvalue weighted by atomic mass is 32.2. The number of ether oxygens (including phenoxy) is 1. The van der Waals surface area contributed by atoms with Gasteiger partial charge in [-0.25, -0.2) is 0 Å². The molecule has 0 saturated carbocycles. The minimum atomic E-state index is -0.535. The Labute approximate surface area is 83.4 Å². The van der Waals surface area contributed by atoms with Crippen molar-refractivity contribution in [3.63, 3.8) is 0 Å². The van der Waals surface area contributed by atoms with E-state index >= 15 is 0 Å². The summed E-state index contributed by atoms with van der Waals surface area (Å²) in [6.07, 6.45) is 0.466. The maximum atomic E-state index is 11.3. The fraction of sp³-hybridized carbons (Fsp3) is 0.778. The van der Waals surface area contributed by atoms with Crippen LogP contribution in [0.25, 0.3) is 0 Å². The molecule has 0 aromatic carbocycles. The lowest BCUT2D eigenvalue weighted by molar-refractivity contribution is -0.145. The number of esters is 1. The number of nitrogens with zero attached hydrogens (tertiary/aromatic N) is 1. The lowest BCUT2D eigenvalue weighted by Gasteiger charge is -2.20. The number of carbonyl (C=O) groups excluding carboxylic acids is 1. The van der Waals surface area contributed by atoms with E-state index in [9.17, 15) is 4.79 Å². The molecule has 0 amide bonds. The number of carbonyl (C=O) groups is 1. The molecule has 74 valence electrons. The molecule has 0 bridgehead atoms. The Balaban J connectivity index is 3.92. The summed E-state index contributed by atoms with van der Waals surface area (Å²) < 4.78 is 4.36. The van der Waals surface area contributed by atoms with Crippen molar-refractivity contribution in [2.75, 3.05) is 12.4 Å². The van der Waals surface area contributed by atoms with E-state index in [0.717, 1.165) is 0 Å². The van der Waals surface area contributed by atoms with Crippen molar-refractivity contribution >= 4 is 17.7 Å². The van der Waals surface area contributed by atoms with E-state index in [4.69, 9.17) is 10.00 Å². The Hall–Kier alpha value is -0.690. The summed E-state index contributed by atoms with van der Waals surface area (Å²) in [4.78, 5) is 11.3. The van der Waals surface area contributed by atoms with Crippen LogP contribution in [0.3, 0.4) is 0 Å². The van der Waals surface area contributed by atoms with Crippen molar-refractivity contribution < 1.29 is 9.53 Å². The Kier molecular flexibility index (Phi) is 5.56. The molecule has 0 unspecified atom stereocenters. The zero-order chi connectivity index (χ0) is 10.3. The zero-order valence-electron chi connectivity index (χ0n) is 8.29. The van der Waals surface area contributed by atoms with Crippen LogP contribution in [-0.2, 0) is 9.53 Å². The van der Waals surface area contributed by atoms with Crippen molar-refractivity contribution in [2.24, 2.45) is 0 Å². The SMILES string of the molecule is CCOC(=O)C(C)(C)SCCC#N. The van der Waals surface area contributed by atoms with Gasteiger partial charge in [0.1, 0.15) is 4.75 Å². The van der Waals surface area contributed by atoms with Gasteiger partial charge >= 0.3 is 5.97 Å². The Bertz CT molecular complexity index is 208. The van der Waals surface area contributed by atoms with Gasteiger partial charge in [-0.3, -0.25) is 4.79 Å². The van der Waals surface area contributed by atoms with Gasteiger partial charge in [0, 0.05) is 12.2 Å². The first kappa shape index (κ1) is 12.3. The third-order valence-corrected chi connectivity index (χ3v) is 2.74. The fourth-order valence-corrected chi connectivity index (χ4v) is 1.60. The molecule has 0 spiro atoms. The van der Waals surface area contributed by atoms with E-state index in [-0.39, 0.29) is 5.97 Å². The molecule has 0 heterocycles. The van der Waals surface area contributed by atoms with E-state index in [2.05, 4.69) is 0 Å². The topological polar surface area (TPSA) is 50.1 Å². The highest BCUT2D eigenvalue weighted by Crippen LogP contribution is 2.26. The predicted octanol–water partition coefficient (Wildman–Crippen LogP) is 1.97. The number of nitriles is 1. The van der Waals surface area contributed by atoms with Gasteiger partial charge in [0.2, 0.25) is 0 Å². The molecular weight excluding hydrogens is 186 g/mol. The minimum absolute atomic E-state index is 0.210. The monoisotopic (exact) mass is 201 g/mol. The van der Waals surface area contributed by atoms with Crippen LogP contribution < -0.4 is 0 Å². The fourth-order valence-electron chi connectivity index (χ4n) is 0.716. The van der Waals surface area contributed by atoms with E-state index < -0.39 is 4.75 Å². The molecule has 0 atom stereocenters. The summed E-state index contributed by atoms with van der Waals surface area (Å²) in [6.45, 7) is 5.81. The molecule has 0 fully saturated rings. The lowest BCUT2D eigenvalue weighted by Crippen LogP contribution is -2.30. The van der Waals surface area contributed by atoms with Crippen molar-refractivity contribution in [3.05, 3.63) is 0 Å². The predicted molar refractivity (Wildman–Crippen MR) is 53.4 cm³/mol. The molecule has 0 aromatic rings. The zero-order valence-corrected chi connectivity index (χ0v) is 9.11. The standard InChI is InChI=1S/C9H15NO2S/c1-4-12-8(11)9(2,3)13-7-5-6-10/h4-5,7H2,1-3H3. The van der Waals surface area contributed by atoms with Crippen molar-refractivity contribution in [1.29, 1.82) is 5.26 Å². The van der Waals surface area contributed by atoms with Crippen molar-refractivity contribution in [1.82, 2.24) is 0 Å². The average Bonchev–Trinajstić information content (AvgIpc) is 2.05. The van der Waals surface area contributed by atoms with E-state index in [0.29, 0.717) is 18.8 Å². The molecule has 0 aliphatic carbocycles. The molecule has 0 aliphatic rings. The van der Waals surface area contributed by atoms with Gasteiger partial charge in [0.05, 0.1) is 12.7 Å². The number of thioether (sulfide) groups is 1. The van der Waals surface area contributed by atoms with Gasteiger partial charge in [-0.1, -0.05) is 0 Å². The van der Waals surface area contributed by atoms with Crippen LogP contribution in [0.5, 0.6) is 0 Å². The number of hydrogen-bond acceptors (Lipinski definition) is 4. The van der Waals surface area contributed by atoms with E-state index in [1.54, 1.807) is 6.92 Å². The molecule has 0 N–H and O–H groups in total. The first-order valence-corrected chi connectivity index (χ1v) is 5.21. The van der Waals surface area contributed by atoms with Gasteiger partial charge in [0.15, 0.2) is 0 Å². The first-order chi connectivity index (χ1) is 6.04. The molecule has 3 nitrogen and oxygen atoms in total. The summed E-state index contributed by atoms with van der Waals surface area (Å²) in [5, 5.41) is 8.33. The molecule has 0 saturated heterocycles. The second kappa shape index (κ2) is 5.87. The maximum absolute atomic E-state index is 11.3. The van der Waals surface area contributed by atoms with Crippen LogP contribution in [0.15, 0.2) is 0 Å². The van der Waals surface area contributed by atoms with Gasteiger partial charge < -0.3 is 4.74 Å². The third-order valence-electron chi connectivity index (χ3n) is 1.44. The first-order valence-electron chi connectivity index (χ1n) is 4.22. The molecule has 0 aromatic heterocycles. The molecule has 0 radical (unpaired) electrons. The van der Waals surface area contributed by atoms with Gasteiger partial charge in [-0.05, 0) is 20.8 Å². The van der Waals surface area contributed by atoms with E-state index in [1.165, 1.54) is 11.8 Å². The summed E-state index contributed by atoms with van der Waals surface area (Å²) in [5.41, 5.74) is 0. The van der Waals surface area contributed by atoms with Crippen molar-refractivity contribution in [3.8, 4) is 6.07 Å². The molecular formula is C9H15NO2S.